The smallest absolute Gasteiger partial charge is 0.383 e. The highest BCUT2D eigenvalue weighted by Gasteiger charge is 2.54. The van der Waals surface area contributed by atoms with Crippen LogP contribution < -0.4 is 4.72 Å². The molecule has 24 heavy (non-hydrogen) atoms. The van der Waals surface area contributed by atoms with E-state index >= 15 is 0 Å². The van der Waals surface area contributed by atoms with Crippen LogP contribution in [0.4, 0.5) is 26.3 Å². The molecule has 0 fully saturated rings. The number of ether oxygens (including phenoxy) is 1. The van der Waals surface area contributed by atoms with E-state index in [0.29, 0.717) is 0 Å². The van der Waals surface area contributed by atoms with Gasteiger partial charge in [-0.05, 0) is 0 Å². The van der Waals surface area contributed by atoms with Gasteiger partial charge in [0, 0.05) is 7.11 Å². The lowest BCUT2D eigenvalue weighted by Crippen LogP contribution is -2.53. The van der Waals surface area contributed by atoms with E-state index in [1.54, 1.807) is 0 Å². The fourth-order valence-corrected chi connectivity index (χ4v) is 2.28. The second-order valence-electron chi connectivity index (χ2n) is 3.70. The fourth-order valence-electron chi connectivity index (χ4n) is 0.967. The first kappa shape index (κ1) is 22.4. The van der Waals surface area contributed by atoms with Crippen LogP contribution in [0.3, 0.4) is 0 Å². The molecule has 0 bridgehead atoms. The molecule has 0 aliphatic heterocycles. The molecule has 0 spiro atoms. The highest BCUT2D eigenvalue weighted by molar-refractivity contribution is 7.91. The summed E-state index contributed by atoms with van der Waals surface area (Å²) in [7, 11) is -12.0. The van der Waals surface area contributed by atoms with E-state index in [1.165, 1.54) is 0 Å². The zero-order valence-electron chi connectivity index (χ0n) is 11.3. The molecule has 0 unspecified atom stereocenters. The molecule has 142 valence electrons. The Labute approximate surface area is 130 Å². The minimum atomic E-state index is -6.48. The standard InChI is InChI=1S/C7H8F6N2O7S2/c1-22-3-2-15(24(20,21)7(11,12)13)5(17)4(16)14-23(18,19)6(8,9)10/h2-3H2,1H3,(H,14,16). The lowest BCUT2D eigenvalue weighted by atomic mass is 10.5. The Morgan fingerprint density at radius 2 is 1.46 bits per heavy atom. The molecule has 0 aromatic heterocycles. The minimum absolute atomic E-state index is 0.121. The van der Waals surface area contributed by atoms with Gasteiger partial charge in [0.05, 0.1) is 13.2 Å². The SMILES string of the molecule is COCCN(C(=O)C(=O)NS(=O)(=O)C(F)(F)F)S(=O)(=O)C(F)(F)F. The van der Waals surface area contributed by atoms with Gasteiger partial charge in [0.2, 0.25) is 0 Å². The van der Waals surface area contributed by atoms with Gasteiger partial charge in [-0.15, -0.1) is 0 Å². The number of halogens is 6. The largest absolute Gasteiger partial charge is 0.516 e. The molecular formula is C7H8F6N2O7S2. The van der Waals surface area contributed by atoms with Gasteiger partial charge in [-0.2, -0.15) is 43.2 Å². The summed E-state index contributed by atoms with van der Waals surface area (Å²) in [5, 5.41) is 0. The minimum Gasteiger partial charge on any atom is -0.383 e. The van der Waals surface area contributed by atoms with Crippen molar-refractivity contribution in [1.29, 1.82) is 0 Å². The van der Waals surface area contributed by atoms with Gasteiger partial charge in [0.1, 0.15) is 0 Å². The van der Waals surface area contributed by atoms with Gasteiger partial charge in [-0.25, -0.2) is 9.03 Å². The van der Waals surface area contributed by atoms with Crippen molar-refractivity contribution in [1.82, 2.24) is 9.03 Å². The molecule has 0 aliphatic rings. The summed E-state index contributed by atoms with van der Waals surface area (Å²) in [5.74, 6) is -5.45. The van der Waals surface area contributed by atoms with Crippen molar-refractivity contribution in [3.05, 3.63) is 0 Å². The van der Waals surface area contributed by atoms with Crippen molar-refractivity contribution < 1.29 is 57.5 Å². The van der Waals surface area contributed by atoms with Crippen LogP contribution in [-0.2, 0) is 34.4 Å². The Balaban J connectivity index is 5.70. The Bertz CT molecular complexity index is 696. The molecule has 9 nitrogen and oxygen atoms in total. The maximum Gasteiger partial charge on any atom is 0.516 e. The molecule has 0 aliphatic carbocycles. The zero-order valence-corrected chi connectivity index (χ0v) is 12.9. The summed E-state index contributed by atoms with van der Waals surface area (Å²) in [6.45, 7) is -2.27. The second-order valence-corrected chi connectivity index (χ2v) is 7.23. The lowest BCUT2D eigenvalue weighted by molar-refractivity contribution is -0.143. The predicted molar refractivity (Wildman–Crippen MR) is 61.7 cm³/mol. The highest BCUT2D eigenvalue weighted by Crippen LogP contribution is 2.27. The van der Waals surface area contributed by atoms with E-state index in [-0.39, 0.29) is 4.72 Å². The van der Waals surface area contributed by atoms with Gasteiger partial charge in [-0.1, -0.05) is 0 Å². The Hall–Kier alpha value is -1.62. The van der Waals surface area contributed by atoms with Crippen LogP contribution >= 0.6 is 0 Å². The van der Waals surface area contributed by atoms with Crippen LogP contribution in [0.15, 0.2) is 0 Å². The third-order valence-electron chi connectivity index (χ3n) is 2.03. The van der Waals surface area contributed by atoms with Crippen LogP contribution in [0.5, 0.6) is 0 Å². The average Bonchev–Trinajstić information content (AvgIpc) is 2.35. The normalized spacial score (nSPS) is 13.5. The van der Waals surface area contributed by atoms with Crippen molar-refractivity contribution >= 4 is 31.9 Å². The van der Waals surface area contributed by atoms with E-state index in [4.69, 9.17) is 0 Å². The number of alkyl halides is 6. The molecule has 17 heteroatoms. The molecule has 0 rings (SSSR count). The van der Waals surface area contributed by atoms with Gasteiger partial charge < -0.3 is 4.74 Å². The monoisotopic (exact) mass is 410 g/mol. The Kier molecular flexibility index (Phi) is 6.62. The zero-order chi connectivity index (χ0) is 19.6. The molecule has 0 heterocycles. The average molecular weight is 410 g/mol. The summed E-state index contributed by atoms with van der Waals surface area (Å²) in [4.78, 5) is 22.5. The summed E-state index contributed by atoms with van der Waals surface area (Å²) in [6.07, 6.45) is 0. The molecule has 0 atom stereocenters. The number of nitrogens with one attached hydrogen (secondary N) is 1. The van der Waals surface area contributed by atoms with Crippen molar-refractivity contribution in [3.63, 3.8) is 0 Å². The first-order chi connectivity index (χ1) is 10.5. The first-order valence-corrected chi connectivity index (χ1v) is 8.16. The van der Waals surface area contributed by atoms with Crippen molar-refractivity contribution in [2.24, 2.45) is 0 Å². The number of sulfonamides is 2. The number of methoxy groups -OCH3 is 1. The molecule has 1 N–H and O–H groups in total. The molecular weight excluding hydrogens is 402 g/mol. The highest BCUT2D eigenvalue weighted by atomic mass is 32.2. The van der Waals surface area contributed by atoms with Crippen LogP contribution in [0.25, 0.3) is 0 Å². The summed E-state index contributed by atoms with van der Waals surface area (Å²) >= 11 is 0. The van der Waals surface area contributed by atoms with Gasteiger partial charge >= 0.3 is 42.9 Å². The number of carbonyl (C=O) groups excluding carboxylic acids is 2. The Morgan fingerprint density at radius 1 is 1.00 bits per heavy atom. The van der Waals surface area contributed by atoms with Crippen molar-refractivity contribution in [3.8, 4) is 0 Å². The maximum atomic E-state index is 12.4. The van der Waals surface area contributed by atoms with E-state index < -0.39 is 60.3 Å². The molecule has 0 aromatic carbocycles. The molecule has 0 radical (unpaired) electrons. The number of hydrogen-bond donors (Lipinski definition) is 1. The van der Waals surface area contributed by atoms with Crippen LogP contribution in [-0.4, -0.2) is 64.2 Å². The van der Waals surface area contributed by atoms with E-state index in [9.17, 15) is 52.8 Å². The second kappa shape index (κ2) is 7.09. The first-order valence-electron chi connectivity index (χ1n) is 5.24. The number of rotatable bonds is 5. The summed E-state index contributed by atoms with van der Waals surface area (Å²) in [5.41, 5.74) is -12.2. The third-order valence-corrected chi connectivity index (χ3v) is 4.61. The molecule has 0 saturated carbocycles. The van der Waals surface area contributed by atoms with Gasteiger partial charge in [-0.3, -0.25) is 9.59 Å². The van der Waals surface area contributed by atoms with Crippen LogP contribution in [0.2, 0.25) is 0 Å². The fraction of sp³-hybridized carbons (Fsp3) is 0.714. The van der Waals surface area contributed by atoms with Crippen molar-refractivity contribution in [2.45, 2.75) is 11.0 Å². The van der Waals surface area contributed by atoms with E-state index in [1.807, 2.05) is 0 Å². The van der Waals surface area contributed by atoms with Crippen LogP contribution in [0, 0.1) is 0 Å². The lowest BCUT2D eigenvalue weighted by Gasteiger charge is -2.22. The summed E-state index contributed by atoms with van der Waals surface area (Å²) < 4.78 is 120. The number of carbonyl (C=O) groups is 2. The van der Waals surface area contributed by atoms with E-state index in [2.05, 4.69) is 4.74 Å². The van der Waals surface area contributed by atoms with Crippen LogP contribution in [0.1, 0.15) is 0 Å². The van der Waals surface area contributed by atoms with E-state index in [0.717, 1.165) is 7.11 Å². The topological polar surface area (TPSA) is 127 Å². The maximum absolute atomic E-state index is 12.4. The Morgan fingerprint density at radius 3 is 1.79 bits per heavy atom. The number of nitrogens with zero attached hydrogens (tertiary/aromatic N) is 1. The number of amides is 2. The quantitative estimate of drug-likeness (QED) is 0.468. The molecule has 2 amide bonds. The molecule has 0 saturated heterocycles. The van der Waals surface area contributed by atoms with Crippen molar-refractivity contribution in [2.75, 3.05) is 20.3 Å². The van der Waals surface area contributed by atoms with Gasteiger partial charge in [0.25, 0.3) is 0 Å². The third kappa shape index (κ3) is 4.94. The summed E-state index contributed by atoms with van der Waals surface area (Å²) in [6, 6.07) is 0. The number of hydrogen-bond acceptors (Lipinski definition) is 7. The molecule has 0 aromatic rings. The van der Waals surface area contributed by atoms with Gasteiger partial charge in [0.15, 0.2) is 0 Å². The predicted octanol–water partition coefficient (Wildman–Crippen LogP) is -0.723.